The second kappa shape index (κ2) is 3.46. The second-order valence-electron chi connectivity index (χ2n) is 4.03. The van der Waals surface area contributed by atoms with Gasteiger partial charge < -0.3 is 0 Å². The van der Waals surface area contributed by atoms with Gasteiger partial charge in [-0.25, -0.2) is 4.39 Å². The first-order chi connectivity index (χ1) is 5.83. The highest BCUT2D eigenvalue weighted by atomic mass is 19.4. The molecular formula is C9H14F4. The number of halogens is 4. The quantitative estimate of drug-likeness (QED) is 0.602. The summed E-state index contributed by atoms with van der Waals surface area (Å²) in [5.74, 6) is 0.573. The summed E-state index contributed by atoms with van der Waals surface area (Å²) in [6.45, 7) is 0.625. The lowest BCUT2D eigenvalue weighted by Crippen LogP contribution is -2.37. The molecule has 0 nitrogen and oxygen atoms in total. The van der Waals surface area contributed by atoms with Gasteiger partial charge in [0.05, 0.1) is 0 Å². The topological polar surface area (TPSA) is 0 Å². The minimum Gasteiger partial charge on any atom is -0.234 e. The SMILES string of the molecule is CC(F)(CCCC1CC1)C(F)(F)F. The van der Waals surface area contributed by atoms with E-state index in [4.69, 9.17) is 0 Å². The van der Waals surface area contributed by atoms with Crippen molar-refractivity contribution >= 4 is 0 Å². The van der Waals surface area contributed by atoms with Crippen LogP contribution < -0.4 is 0 Å². The Morgan fingerprint density at radius 3 is 2.08 bits per heavy atom. The third-order valence-corrected chi connectivity index (χ3v) is 2.55. The molecule has 0 heterocycles. The van der Waals surface area contributed by atoms with Gasteiger partial charge in [-0.1, -0.05) is 19.3 Å². The predicted octanol–water partition coefficient (Wildman–Crippen LogP) is 3.86. The van der Waals surface area contributed by atoms with Crippen molar-refractivity contribution in [3.63, 3.8) is 0 Å². The van der Waals surface area contributed by atoms with Crippen molar-refractivity contribution < 1.29 is 17.6 Å². The van der Waals surface area contributed by atoms with Crippen LogP contribution in [-0.4, -0.2) is 11.8 Å². The lowest BCUT2D eigenvalue weighted by molar-refractivity contribution is -0.226. The molecular weight excluding hydrogens is 184 g/mol. The number of rotatable bonds is 4. The Kier molecular flexibility index (Phi) is 2.88. The van der Waals surface area contributed by atoms with Crippen LogP contribution in [0.5, 0.6) is 0 Å². The van der Waals surface area contributed by atoms with E-state index in [-0.39, 0.29) is 0 Å². The van der Waals surface area contributed by atoms with Crippen LogP contribution in [0.25, 0.3) is 0 Å². The molecule has 13 heavy (non-hydrogen) atoms. The largest absolute Gasteiger partial charge is 0.422 e. The highest BCUT2D eigenvalue weighted by Gasteiger charge is 2.51. The maximum Gasteiger partial charge on any atom is 0.422 e. The van der Waals surface area contributed by atoms with Gasteiger partial charge in [0.1, 0.15) is 0 Å². The van der Waals surface area contributed by atoms with Crippen LogP contribution in [0.3, 0.4) is 0 Å². The van der Waals surface area contributed by atoms with E-state index in [1.807, 2.05) is 0 Å². The molecule has 1 rings (SSSR count). The van der Waals surface area contributed by atoms with Gasteiger partial charge in [-0.2, -0.15) is 13.2 Å². The zero-order valence-electron chi connectivity index (χ0n) is 7.62. The lowest BCUT2D eigenvalue weighted by atomic mass is 9.99. The van der Waals surface area contributed by atoms with Crippen LogP contribution in [0.15, 0.2) is 0 Å². The second-order valence-corrected chi connectivity index (χ2v) is 4.03. The van der Waals surface area contributed by atoms with Gasteiger partial charge in [-0.05, 0) is 25.7 Å². The van der Waals surface area contributed by atoms with Gasteiger partial charge in [0.2, 0.25) is 5.67 Å². The summed E-state index contributed by atoms with van der Waals surface area (Å²) >= 11 is 0. The third kappa shape index (κ3) is 3.16. The van der Waals surface area contributed by atoms with E-state index in [1.54, 1.807) is 0 Å². The van der Waals surface area contributed by atoms with Crippen molar-refractivity contribution in [2.24, 2.45) is 5.92 Å². The molecule has 1 saturated carbocycles. The summed E-state index contributed by atoms with van der Waals surface area (Å²) in [5, 5.41) is 0. The summed E-state index contributed by atoms with van der Waals surface area (Å²) in [6, 6.07) is 0. The molecule has 0 saturated heterocycles. The molecule has 1 atom stereocenters. The van der Waals surface area contributed by atoms with Gasteiger partial charge in [0.25, 0.3) is 0 Å². The van der Waals surface area contributed by atoms with Gasteiger partial charge >= 0.3 is 6.18 Å². The average molecular weight is 198 g/mol. The van der Waals surface area contributed by atoms with E-state index >= 15 is 0 Å². The van der Waals surface area contributed by atoms with Crippen molar-refractivity contribution in [1.82, 2.24) is 0 Å². The van der Waals surface area contributed by atoms with Crippen molar-refractivity contribution in [1.29, 1.82) is 0 Å². The number of alkyl halides is 4. The van der Waals surface area contributed by atoms with Crippen molar-refractivity contribution in [3.05, 3.63) is 0 Å². The van der Waals surface area contributed by atoms with Gasteiger partial charge in [0, 0.05) is 0 Å². The molecule has 1 aliphatic rings. The molecule has 0 bridgehead atoms. The normalized spacial score (nSPS) is 22.8. The molecule has 1 unspecified atom stereocenters. The van der Waals surface area contributed by atoms with E-state index in [0.717, 1.165) is 19.3 Å². The molecule has 1 fully saturated rings. The third-order valence-electron chi connectivity index (χ3n) is 2.55. The van der Waals surface area contributed by atoms with E-state index in [1.165, 1.54) is 0 Å². The van der Waals surface area contributed by atoms with Crippen molar-refractivity contribution in [2.45, 2.75) is 50.9 Å². The van der Waals surface area contributed by atoms with Gasteiger partial charge in [-0.15, -0.1) is 0 Å². The summed E-state index contributed by atoms with van der Waals surface area (Å²) in [4.78, 5) is 0. The minimum atomic E-state index is -4.71. The van der Waals surface area contributed by atoms with Crippen LogP contribution in [-0.2, 0) is 0 Å². The Balaban J connectivity index is 2.23. The fraction of sp³-hybridized carbons (Fsp3) is 1.00. The fourth-order valence-electron chi connectivity index (χ4n) is 1.27. The monoisotopic (exact) mass is 198 g/mol. The standard InChI is InChI=1S/C9H14F4/c1-8(10,9(11,12)13)6-2-3-7-4-5-7/h7H,2-6H2,1H3. The molecule has 0 aliphatic heterocycles. The zero-order valence-corrected chi connectivity index (χ0v) is 7.62. The Morgan fingerprint density at radius 2 is 1.69 bits per heavy atom. The Hall–Kier alpha value is -0.280. The predicted molar refractivity (Wildman–Crippen MR) is 42.1 cm³/mol. The molecule has 78 valence electrons. The van der Waals surface area contributed by atoms with E-state index in [0.29, 0.717) is 19.3 Å². The summed E-state index contributed by atoms with van der Waals surface area (Å²) in [6.07, 6.45) is -1.81. The molecule has 0 amide bonds. The Morgan fingerprint density at radius 1 is 1.15 bits per heavy atom. The van der Waals surface area contributed by atoms with Crippen molar-refractivity contribution in [3.8, 4) is 0 Å². The average Bonchev–Trinajstić information content (AvgIpc) is 2.68. The molecule has 0 aromatic carbocycles. The summed E-state index contributed by atoms with van der Waals surface area (Å²) in [7, 11) is 0. The molecule has 1 aliphatic carbocycles. The maximum atomic E-state index is 12.9. The minimum absolute atomic E-state index is 0.344. The Bertz CT molecular complexity index is 167. The lowest BCUT2D eigenvalue weighted by Gasteiger charge is -2.23. The smallest absolute Gasteiger partial charge is 0.234 e. The molecule has 4 heteroatoms. The highest BCUT2D eigenvalue weighted by molar-refractivity contribution is 4.83. The molecule has 0 aromatic heterocycles. The molecule has 0 N–H and O–H groups in total. The van der Waals surface area contributed by atoms with Crippen LogP contribution in [0.4, 0.5) is 17.6 Å². The number of hydrogen-bond donors (Lipinski definition) is 0. The molecule has 0 aromatic rings. The van der Waals surface area contributed by atoms with E-state index in [9.17, 15) is 17.6 Å². The first-order valence-corrected chi connectivity index (χ1v) is 4.58. The summed E-state index contributed by atoms with van der Waals surface area (Å²) in [5.41, 5.74) is -3.00. The maximum absolute atomic E-state index is 12.9. The first kappa shape index (κ1) is 10.8. The Labute approximate surface area is 75.3 Å². The fourth-order valence-corrected chi connectivity index (χ4v) is 1.27. The van der Waals surface area contributed by atoms with Crippen molar-refractivity contribution in [2.75, 3.05) is 0 Å². The van der Waals surface area contributed by atoms with Crippen LogP contribution in [0.1, 0.15) is 39.0 Å². The molecule has 0 spiro atoms. The van der Waals surface area contributed by atoms with Crippen LogP contribution in [0.2, 0.25) is 0 Å². The first-order valence-electron chi connectivity index (χ1n) is 4.58. The van der Waals surface area contributed by atoms with Gasteiger partial charge in [-0.3, -0.25) is 0 Å². The summed E-state index contributed by atoms with van der Waals surface area (Å²) < 4.78 is 48.9. The van der Waals surface area contributed by atoms with Gasteiger partial charge in [0.15, 0.2) is 0 Å². The van der Waals surface area contributed by atoms with E-state index < -0.39 is 18.3 Å². The zero-order chi connectivity index (χ0) is 10.1. The number of hydrogen-bond acceptors (Lipinski definition) is 0. The van der Waals surface area contributed by atoms with Crippen LogP contribution in [0, 0.1) is 5.92 Å². The van der Waals surface area contributed by atoms with E-state index in [2.05, 4.69) is 0 Å². The van der Waals surface area contributed by atoms with Crippen LogP contribution >= 0.6 is 0 Å². The highest BCUT2D eigenvalue weighted by Crippen LogP contribution is 2.40. The molecule has 0 radical (unpaired) electrons.